The highest BCUT2D eigenvalue weighted by molar-refractivity contribution is 6.74. The number of ketones is 1. The zero-order chi connectivity index (χ0) is 17.5. The summed E-state index contributed by atoms with van der Waals surface area (Å²) < 4.78 is 12.0. The van der Waals surface area contributed by atoms with E-state index in [1.165, 1.54) is 0 Å². The summed E-state index contributed by atoms with van der Waals surface area (Å²) in [5.74, 6) is -0.235. The number of nitrogens with zero attached hydrogens (tertiary/aromatic N) is 1. The molecule has 0 spiro atoms. The van der Waals surface area contributed by atoms with Gasteiger partial charge < -0.3 is 14.3 Å². The van der Waals surface area contributed by atoms with Crippen LogP contribution in [-0.4, -0.2) is 54.7 Å². The van der Waals surface area contributed by atoms with Crippen LogP contribution in [0.1, 0.15) is 41.5 Å². The van der Waals surface area contributed by atoms with Crippen molar-refractivity contribution in [2.24, 2.45) is 0 Å². The van der Waals surface area contributed by atoms with Gasteiger partial charge in [-0.25, -0.2) is 4.79 Å². The topological polar surface area (TPSA) is 76.1 Å². The molecule has 0 saturated carbocycles. The molecule has 1 fully saturated rings. The van der Waals surface area contributed by atoms with Crippen LogP contribution in [0, 0.1) is 0 Å². The molecule has 1 heterocycles. The Morgan fingerprint density at radius 2 is 1.73 bits per heavy atom. The van der Waals surface area contributed by atoms with Crippen molar-refractivity contribution in [2.45, 2.75) is 77.6 Å². The lowest BCUT2D eigenvalue weighted by molar-refractivity contribution is -0.147. The smallest absolute Gasteiger partial charge is 0.409 e. The maximum Gasteiger partial charge on any atom is 0.409 e. The summed E-state index contributed by atoms with van der Waals surface area (Å²) in [5.41, 5.74) is -0.571. The van der Waals surface area contributed by atoms with Crippen LogP contribution in [-0.2, 0) is 14.0 Å². The molecule has 0 aromatic carbocycles. The largest absolute Gasteiger partial charge is 0.465 e. The van der Waals surface area contributed by atoms with Crippen molar-refractivity contribution >= 4 is 20.2 Å². The molecule has 6 nitrogen and oxygen atoms in total. The fourth-order valence-corrected chi connectivity index (χ4v) is 3.19. The molecule has 1 amide bonds. The predicted octanol–water partition coefficient (Wildman–Crippen LogP) is 3.08. The molecular formula is C15H29NO5Si. The van der Waals surface area contributed by atoms with Crippen LogP contribution < -0.4 is 0 Å². The molecule has 1 unspecified atom stereocenters. The zero-order valence-corrected chi connectivity index (χ0v) is 15.9. The molecule has 0 aromatic heterocycles. The first-order valence-corrected chi connectivity index (χ1v) is 10.4. The SMILES string of the molecule is CC(C)(C)OC1[C@H](O[Si](C)(C)C(C)(C)C)C(=O)CN1C(=O)O. The number of carboxylic acid groups (broad SMARTS) is 1. The number of likely N-dealkylation sites (tertiary alicyclic amines) is 1. The predicted molar refractivity (Wildman–Crippen MR) is 86.4 cm³/mol. The maximum absolute atomic E-state index is 12.3. The van der Waals surface area contributed by atoms with E-state index in [4.69, 9.17) is 9.16 Å². The Kier molecular flexibility index (Phi) is 5.16. The van der Waals surface area contributed by atoms with Crippen LogP contribution in [0.3, 0.4) is 0 Å². The summed E-state index contributed by atoms with van der Waals surface area (Å²) in [6.07, 6.45) is -2.90. The average molecular weight is 331 g/mol. The molecule has 1 N–H and O–H groups in total. The normalized spacial score (nSPS) is 24.0. The van der Waals surface area contributed by atoms with Crippen LogP contribution in [0.4, 0.5) is 4.79 Å². The second-order valence-electron chi connectivity index (χ2n) is 8.30. The molecule has 1 aliphatic rings. The van der Waals surface area contributed by atoms with Crippen molar-refractivity contribution in [2.75, 3.05) is 6.54 Å². The summed E-state index contributed by atoms with van der Waals surface area (Å²) in [6, 6.07) is 0. The highest BCUT2D eigenvalue weighted by Gasteiger charge is 2.51. The van der Waals surface area contributed by atoms with E-state index in [0.29, 0.717) is 0 Å². The highest BCUT2D eigenvalue weighted by atomic mass is 28.4. The summed E-state index contributed by atoms with van der Waals surface area (Å²) in [4.78, 5) is 24.7. The quantitative estimate of drug-likeness (QED) is 0.804. The molecule has 0 radical (unpaired) electrons. The minimum Gasteiger partial charge on any atom is -0.465 e. The first-order chi connectivity index (χ1) is 9.66. The Labute approximate surface area is 133 Å². The van der Waals surface area contributed by atoms with E-state index < -0.39 is 32.3 Å². The van der Waals surface area contributed by atoms with Crippen LogP contribution in [0.15, 0.2) is 0 Å². The number of hydrogen-bond acceptors (Lipinski definition) is 4. The fourth-order valence-electron chi connectivity index (χ4n) is 1.95. The molecule has 1 rings (SSSR count). The first kappa shape index (κ1) is 19.1. The number of carbonyl (C=O) groups is 2. The lowest BCUT2D eigenvalue weighted by Crippen LogP contribution is -2.52. The summed E-state index contributed by atoms with van der Waals surface area (Å²) in [6.45, 7) is 15.6. The van der Waals surface area contributed by atoms with Crippen molar-refractivity contribution in [3.63, 3.8) is 0 Å². The van der Waals surface area contributed by atoms with E-state index in [-0.39, 0.29) is 17.4 Å². The molecule has 0 aromatic rings. The minimum atomic E-state index is -2.21. The van der Waals surface area contributed by atoms with Gasteiger partial charge in [0.15, 0.2) is 26.4 Å². The third-order valence-corrected chi connectivity index (χ3v) is 8.61. The Morgan fingerprint density at radius 3 is 2.09 bits per heavy atom. The molecule has 22 heavy (non-hydrogen) atoms. The zero-order valence-electron chi connectivity index (χ0n) is 14.9. The average Bonchev–Trinajstić information content (AvgIpc) is 2.53. The van der Waals surface area contributed by atoms with Gasteiger partial charge >= 0.3 is 6.09 Å². The first-order valence-electron chi connectivity index (χ1n) is 7.54. The second kappa shape index (κ2) is 5.94. The van der Waals surface area contributed by atoms with Crippen LogP contribution in [0.2, 0.25) is 18.1 Å². The third kappa shape index (κ3) is 4.30. The van der Waals surface area contributed by atoms with Crippen LogP contribution >= 0.6 is 0 Å². The minimum absolute atomic E-state index is 0.0732. The molecule has 1 saturated heterocycles. The molecule has 7 heteroatoms. The summed E-state index contributed by atoms with van der Waals surface area (Å²) in [7, 11) is -2.21. The Bertz CT molecular complexity index is 450. The maximum atomic E-state index is 12.3. The van der Waals surface area contributed by atoms with Crippen molar-refractivity contribution < 1.29 is 23.9 Å². The van der Waals surface area contributed by atoms with Gasteiger partial charge in [-0.2, -0.15) is 0 Å². The van der Waals surface area contributed by atoms with Gasteiger partial charge in [0.05, 0.1) is 12.1 Å². The second-order valence-corrected chi connectivity index (χ2v) is 13.1. The van der Waals surface area contributed by atoms with Gasteiger partial charge in [0, 0.05) is 0 Å². The Hall–Kier alpha value is -0.923. The van der Waals surface area contributed by atoms with Crippen molar-refractivity contribution in [1.82, 2.24) is 4.90 Å². The Morgan fingerprint density at radius 1 is 1.23 bits per heavy atom. The van der Waals surface area contributed by atoms with Gasteiger partial charge in [0.25, 0.3) is 0 Å². The van der Waals surface area contributed by atoms with E-state index in [1.807, 2.05) is 33.9 Å². The van der Waals surface area contributed by atoms with Gasteiger partial charge in [-0.1, -0.05) is 20.8 Å². The lowest BCUT2D eigenvalue weighted by Gasteiger charge is -2.40. The number of Topliss-reactive ketones (excluding diaryl/α,β-unsaturated/α-hetero) is 1. The van der Waals surface area contributed by atoms with E-state index in [1.54, 1.807) is 0 Å². The summed E-state index contributed by atoms with van der Waals surface area (Å²) >= 11 is 0. The number of ether oxygens (including phenoxy) is 1. The third-order valence-electron chi connectivity index (χ3n) is 4.16. The molecule has 0 aliphatic carbocycles. The molecule has 0 bridgehead atoms. The highest BCUT2D eigenvalue weighted by Crippen LogP contribution is 2.39. The van der Waals surface area contributed by atoms with Crippen molar-refractivity contribution in [3.05, 3.63) is 0 Å². The van der Waals surface area contributed by atoms with E-state index >= 15 is 0 Å². The molecule has 1 aliphatic heterocycles. The van der Waals surface area contributed by atoms with Gasteiger partial charge in [0.2, 0.25) is 0 Å². The van der Waals surface area contributed by atoms with E-state index in [2.05, 4.69) is 20.8 Å². The number of hydrogen-bond donors (Lipinski definition) is 1. The van der Waals surface area contributed by atoms with E-state index in [0.717, 1.165) is 4.90 Å². The number of rotatable bonds is 3. The van der Waals surface area contributed by atoms with Gasteiger partial charge in [-0.3, -0.25) is 9.69 Å². The lowest BCUT2D eigenvalue weighted by atomic mass is 10.2. The Balaban J connectivity index is 3.08. The van der Waals surface area contributed by atoms with Gasteiger partial charge in [0.1, 0.15) is 0 Å². The van der Waals surface area contributed by atoms with Crippen molar-refractivity contribution in [3.8, 4) is 0 Å². The monoisotopic (exact) mass is 331 g/mol. The van der Waals surface area contributed by atoms with Gasteiger partial charge in [-0.05, 0) is 38.9 Å². The van der Waals surface area contributed by atoms with Gasteiger partial charge in [-0.15, -0.1) is 0 Å². The molecule has 128 valence electrons. The number of carbonyl (C=O) groups excluding carboxylic acids is 1. The van der Waals surface area contributed by atoms with Crippen LogP contribution in [0.25, 0.3) is 0 Å². The fraction of sp³-hybridized carbons (Fsp3) is 0.867. The summed E-state index contributed by atoms with van der Waals surface area (Å²) in [5, 5.41) is 9.25. The van der Waals surface area contributed by atoms with Crippen molar-refractivity contribution in [1.29, 1.82) is 0 Å². The van der Waals surface area contributed by atoms with Crippen LogP contribution in [0.5, 0.6) is 0 Å². The molecular weight excluding hydrogens is 302 g/mol. The van der Waals surface area contributed by atoms with E-state index in [9.17, 15) is 14.7 Å². The standard InChI is InChI=1S/C15H29NO5Si/c1-14(2,3)20-12-11(10(17)9-16(12)13(18)19)21-22(7,8)15(4,5)6/h11-12H,9H2,1-8H3,(H,18,19)/t11-,12?/m1/s1. The number of amides is 1. The molecule has 2 atom stereocenters.